The second-order valence-electron chi connectivity index (χ2n) is 3.79. The average molecular weight is 198 g/mol. The summed E-state index contributed by atoms with van der Waals surface area (Å²) in [5, 5.41) is 0. The minimum Gasteiger partial charge on any atom is -0.397 e. The maximum Gasteiger partial charge on any atom is 0.0582 e. The number of aryl methyl sites for hydroxylation is 2. The summed E-state index contributed by atoms with van der Waals surface area (Å²) in [7, 11) is 0. The minimum atomic E-state index is 0.735. The highest BCUT2D eigenvalue weighted by Crippen LogP contribution is 2.28. The molecule has 0 bridgehead atoms. The molecule has 2 aromatic rings. The van der Waals surface area contributed by atoms with Gasteiger partial charge < -0.3 is 5.73 Å². The fourth-order valence-electron chi connectivity index (χ4n) is 1.70. The van der Waals surface area contributed by atoms with Crippen LogP contribution < -0.4 is 5.73 Å². The van der Waals surface area contributed by atoms with Crippen LogP contribution in [-0.2, 0) is 0 Å². The van der Waals surface area contributed by atoms with E-state index in [1.165, 1.54) is 5.56 Å². The molecule has 2 rings (SSSR count). The number of benzene rings is 1. The molecule has 0 amide bonds. The number of rotatable bonds is 1. The molecule has 0 aliphatic heterocycles. The summed E-state index contributed by atoms with van der Waals surface area (Å²) in [5.74, 6) is 0. The molecule has 0 aliphatic rings. The predicted octanol–water partition coefficient (Wildman–Crippen LogP) is 2.95. The van der Waals surface area contributed by atoms with Gasteiger partial charge in [-0.15, -0.1) is 0 Å². The van der Waals surface area contributed by atoms with Crippen LogP contribution in [0.5, 0.6) is 0 Å². The first-order valence-electron chi connectivity index (χ1n) is 4.95. The van der Waals surface area contributed by atoms with Crippen LogP contribution in [0.4, 0.5) is 5.69 Å². The maximum absolute atomic E-state index is 5.93. The summed E-state index contributed by atoms with van der Waals surface area (Å²) in [6.45, 7) is 4.10. The van der Waals surface area contributed by atoms with Crippen molar-refractivity contribution in [3.63, 3.8) is 0 Å². The molecular weight excluding hydrogens is 184 g/mol. The van der Waals surface area contributed by atoms with Crippen LogP contribution >= 0.6 is 0 Å². The molecule has 2 heteroatoms. The normalized spacial score (nSPS) is 10.3. The average Bonchev–Trinajstić information content (AvgIpc) is 2.20. The van der Waals surface area contributed by atoms with Crippen molar-refractivity contribution in [3.05, 3.63) is 47.8 Å². The van der Waals surface area contributed by atoms with Crippen molar-refractivity contribution in [1.82, 2.24) is 4.98 Å². The van der Waals surface area contributed by atoms with Crippen LogP contribution in [-0.4, -0.2) is 4.98 Å². The maximum atomic E-state index is 5.93. The van der Waals surface area contributed by atoms with Gasteiger partial charge in [0.15, 0.2) is 0 Å². The van der Waals surface area contributed by atoms with Gasteiger partial charge in [0.2, 0.25) is 0 Å². The fourth-order valence-corrected chi connectivity index (χ4v) is 1.70. The van der Waals surface area contributed by atoms with Crippen molar-refractivity contribution in [2.24, 2.45) is 0 Å². The number of nitrogen functional groups attached to an aromatic ring is 1. The summed E-state index contributed by atoms with van der Waals surface area (Å²) in [5.41, 5.74) is 11.3. The van der Waals surface area contributed by atoms with Crippen LogP contribution in [0.25, 0.3) is 11.1 Å². The number of hydrogen-bond acceptors (Lipinski definition) is 2. The van der Waals surface area contributed by atoms with E-state index in [4.69, 9.17) is 5.73 Å². The summed E-state index contributed by atoms with van der Waals surface area (Å²) in [6.07, 6.45) is 3.54. The van der Waals surface area contributed by atoms with Crippen LogP contribution in [0.3, 0.4) is 0 Å². The van der Waals surface area contributed by atoms with Gasteiger partial charge in [-0.25, -0.2) is 0 Å². The molecule has 15 heavy (non-hydrogen) atoms. The molecule has 0 fully saturated rings. The smallest absolute Gasteiger partial charge is 0.0582 e. The molecule has 1 heterocycles. The molecule has 2 nitrogen and oxygen atoms in total. The Balaban J connectivity index is 2.58. The number of nitrogens with zero attached hydrogens (tertiary/aromatic N) is 1. The van der Waals surface area contributed by atoms with Crippen molar-refractivity contribution < 1.29 is 0 Å². The highest BCUT2D eigenvalue weighted by atomic mass is 14.7. The molecule has 0 saturated carbocycles. The molecule has 0 spiro atoms. The largest absolute Gasteiger partial charge is 0.397 e. The standard InChI is InChI=1S/C13H14N2/c1-9-3-5-11(6-4-9)13-10(2)7-15-8-12(13)14/h3-8H,14H2,1-2H3. The first kappa shape index (κ1) is 9.71. The van der Waals surface area contributed by atoms with Gasteiger partial charge in [0, 0.05) is 11.8 Å². The second kappa shape index (κ2) is 3.73. The van der Waals surface area contributed by atoms with Crippen molar-refractivity contribution in [2.45, 2.75) is 13.8 Å². The zero-order valence-corrected chi connectivity index (χ0v) is 8.99. The Labute approximate surface area is 89.8 Å². The third-order valence-electron chi connectivity index (χ3n) is 2.51. The van der Waals surface area contributed by atoms with E-state index < -0.39 is 0 Å². The molecule has 1 aromatic heterocycles. The van der Waals surface area contributed by atoms with E-state index in [-0.39, 0.29) is 0 Å². The van der Waals surface area contributed by atoms with E-state index in [2.05, 4.69) is 36.2 Å². The monoisotopic (exact) mass is 198 g/mol. The van der Waals surface area contributed by atoms with E-state index in [0.717, 1.165) is 22.4 Å². The summed E-state index contributed by atoms with van der Waals surface area (Å²) < 4.78 is 0. The van der Waals surface area contributed by atoms with E-state index >= 15 is 0 Å². The first-order valence-corrected chi connectivity index (χ1v) is 4.95. The number of pyridine rings is 1. The molecule has 2 N–H and O–H groups in total. The number of anilines is 1. The van der Waals surface area contributed by atoms with Crippen molar-refractivity contribution in [3.8, 4) is 11.1 Å². The lowest BCUT2D eigenvalue weighted by atomic mass is 10.00. The number of hydrogen-bond donors (Lipinski definition) is 1. The van der Waals surface area contributed by atoms with Gasteiger partial charge in [-0.2, -0.15) is 0 Å². The summed E-state index contributed by atoms with van der Waals surface area (Å²) in [6, 6.07) is 8.37. The van der Waals surface area contributed by atoms with Gasteiger partial charge in [0.25, 0.3) is 0 Å². The molecular formula is C13H14N2. The number of aromatic nitrogens is 1. The third kappa shape index (κ3) is 1.84. The first-order chi connectivity index (χ1) is 7.18. The third-order valence-corrected chi connectivity index (χ3v) is 2.51. The topological polar surface area (TPSA) is 38.9 Å². The van der Waals surface area contributed by atoms with Gasteiger partial charge in [0.1, 0.15) is 0 Å². The van der Waals surface area contributed by atoms with E-state index in [0.29, 0.717) is 0 Å². The summed E-state index contributed by atoms with van der Waals surface area (Å²) >= 11 is 0. The molecule has 0 aliphatic carbocycles. The lowest BCUT2D eigenvalue weighted by Crippen LogP contribution is -1.94. The molecule has 76 valence electrons. The van der Waals surface area contributed by atoms with E-state index in [1.807, 2.05) is 13.1 Å². The van der Waals surface area contributed by atoms with Gasteiger partial charge in [-0.05, 0) is 25.0 Å². The molecule has 0 radical (unpaired) electrons. The Bertz CT molecular complexity index is 452. The lowest BCUT2D eigenvalue weighted by Gasteiger charge is -2.08. The second-order valence-corrected chi connectivity index (χ2v) is 3.79. The molecule has 0 unspecified atom stereocenters. The van der Waals surface area contributed by atoms with E-state index in [1.54, 1.807) is 6.20 Å². The van der Waals surface area contributed by atoms with Gasteiger partial charge in [-0.1, -0.05) is 29.8 Å². The molecule has 0 atom stereocenters. The van der Waals surface area contributed by atoms with Crippen LogP contribution in [0.1, 0.15) is 11.1 Å². The predicted molar refractivity (Wildman–Crippen MR) is 63.6 cm³/mol. The SMILES string of the molecule is Cc1ccc(-c2c(C)cncc2N)cc1. The summed E-state index contributed by atoms with van der Waals surface area (Å²) in [4.78, 5) is 4.06. The van der Waals surface area contributed by atoms with Gasteiger partial charge >= 0.3 is 0 Å². The minimum absolute atomic E-state index is 0.735. The van der Waals surface area contributed by atoms with Crippen LogP contribution in [0, 0.1) is 13.8 Å². The van der Waals surface area contributed by atoms with Crippen LogP contribution in [0.15, 0.2) is 36.7 Å². The molecule has 0 saturated heterocycles. The zero-order chi connectivity index (χ0) is 10.8. The Kier molecular flexibility index (Phi) is 2.42. The lowest BCUT2D eigenvalue weighted by molar-refractivity contribution is 1.27. The fraction of sp³-hybridized carbons (Fsp3) is 0.154. The molecule has 1 aromatic carbocycles. The highest BCUT2D eigenvalue weighted by molar-refractivity contribution is 5.78. The van der Waals surface area contributed by atoms with Gasteiger partial charge in [0.05, 0.1) is 11.9 Å². The van der Waals surface area contributed by atoms with Gasteiger partial charge in [-0.3, -0.25) is 4.98 Å². The highest BCUT2D eigenvalue weighted by Gasteiger charge is 2.05. The number of nitrogens with two attached hydrogens (primary N) is 1. The zero-order valence-electron chi connectivity index (χ0n) is 8.99. The Morgan fingerprint density at radius 3 is 2.27 bits per heavy atom. The Morgan fingerprint density at radius 2 is 1.67 bits per heavy atom. The Morgan fingerprint density at radius 1 is 1.00 bits per heavy atom. The van der Waals surface area contributed by atoms with Crippen LogP contribution in [0.2, 0.25) is 0 Å². The van der Waals surface area contributed by atoms with Crippen molar-refractivity contribution in [2.75, 3.05) is 5.73 Å². The van der Waals surface area contributed by atoms with Crippen molar-refractivity contribution >= 4 is 5.69 Å². The quantitative estimate of drug-likeness (QED) is 0.765. The van der Waals surface area contributed by atoms with Crippen molar-refractivity contribution in [1.29, 1.82) is 0 Å². The Hall–Kier alpha value is -1.83. The van der Waals surface area contributed by atoms with E-state index in [9.17, 15) is 0 Å².